The summed E-state index contributed by atoms with van der Waals surface area (Å²) in [7, 11) is 0. The maximum absolute atomic E-state index is 16.7. The van der Waals surface area contributed by atoms with Crippen molar-refractivity contribution in [2.75, 3.05) is 79.0 Å². The summed E-state index contributed by atoms with van der Waals surface area (Å²) < 4.78 is 76.6. The zero-order valence-electron chi connectivity index (χ0n) is 60.6. The first kappa shape index (κ1) is 70.7. The highest BCUT2D eigenvalue weighted by Crippen LogP contribution is 2.59. The second-order valence-corrected chi connectivity index (χ2v) is 27.8. The van der Waals surface area contributed by atoms with Crippen molar-refractivity contribution in [3.63, 3.8) is 0 Å². The van der Waals surface area contributed by atoms with Crippen molar-refractivity contribution < 1.29 is 95.8 Å². The fourth-order valence-electron chi connectivity index (χ4n) is 14.6. The number of benzene rings is 11. The molecule has 0 saturated carbocycles. The molecule has 6 atom stereocenters. The summed E-state index contributed by atoms with van der Waals surface area (Å²) >= 11 is 0. The summed E-state index contributed by atoms with van der Waals surface area (Å²) in [6.07, 6.45) is -0.807. The monoisotopic (exact) mass is 1480 g/mol. The number of rotatable bonds is 32. The average molecular weight is 1490 g/mol. The van der Waals surface area contributed by atoms with Crippen molar-refractivity contribution in [3.8, 4) is 80.5 Å². The molecule has 560 valence electrons. The first-order chi connectivity index (χ1) is 53.6. The van der Waals surface area contributed by atoms with Gasteiger partial charge < -0.3 is 76.9 Å². The smallest absolute Gasteiger partial charge is 0.262 e. The van der Waals surface area contributed by atoms with E-state index < -0.39 is 47.5 Å². The third kappa shape index (κ3) is 14.0. The first-order valence-electron chi connectivity index (χ1n) is 36.9. The highest BCUT2D eigenvalue weighted by Gasteiger charge is 2.48. The van der Waals surface area contributed by atoms with Crippen LogP contribution in [0.2, 0.25) is 0 Å². The number of amides is 6. The Labute approximate surface area is 630 Å². The number of likely N-dealkylation sites (N-methyl/N-ethyl adjacent to an activating group) is 2. The minimum Gasteiger partial charge on any atom is -0.508 e. The van der Waals surface area contributed by atoms with Crippen LogP contribution in [0.15, 0.2) is 170 Å². The van der Waals surface area contributed by atoms with E-state index in [-0.39, 0.29) is 213 Å². The van der Waals surface area contributed by atoms with Crippen LogP contribution in [0.25, 0.3) is 43.1 Å². The molecular weight excluding hydrogens is 1410 g/mol. The maximum Gasteiger partial charge on any atom is 0.262 e. The number of fused-ring (bicyclic) bond motifs is 2. The maximum atomic E-state index is 16.7. The summed E-state index contributed by atoms with van der Waals surface area (Å²) in [5.74, 6) is -2.19. The molecule has 0 aromatic heterocycles. The summed E-state index contributed by atoms with van der Waals surface area (Å²) in [6.45, 7) is 11.2. The molecule has 6 heterocycles. The fraction of sp³-hybridized carbons (Fsp3) is 0.279. The number of carbonyl (C=O) groups excluding carboxylic acids is 6. The zero-order chi connectivity index (χ0) is 75.6. The number of hydrogen-bond donors (Lipinski definition) is 2. The number of ether oxygens (including phenoxy) is 12. The van der Waals surface area contributed by atoms with Crippen LogP contribution in [-0.2, 0) is 41.4 Å². The molecule has 0 spiro atoms. The van der Waals surface area contributed by atoms with Crippen molar-refractivity contribution in [3.05, 3.63) is 203 Å². The Hall–Kier alpha value is -12.2. The third-order valence-corrected chi connectivity index (χ3v) is 20.5. The molecule has 110 heavy (non-hydrogen) atoms. The Bertz CT molecular complexity index is 4890. The molecule has 4 saturated heterocycles. The van der Waals surface area contributed by atoms with E-state index >= 15 is 28.8 Å². The molecule has 17 rings (SSSR count). The van der Waals surface area contributed by atoms with Crippen molar-refractivity contribution >= 4 is 78.5 Å². The topological polar surface area (TPSA) is 280 Å². The van der Waals surface area contributed by atoms with E-state index in [0.29, 0.717) is 60.6 Å². The van der Waals surface area contributed by atoms with Gasteiger partial charge in [-0.15, -0.1) is 0 Å². The molecule has 11 aromatic rings. The van der Waals surface area contributed by atoms with E-state index in [1.165, 1.54) is 48.5 Å². The van der Waals surface area contributed by atoms with Gasteiger partial charge in [0.05, 0.1) is 48.7 Å². The van der Waals surface area contributed by atoms with Gasteiger partial charge in [-0.1, -0.05) is 48.5 Å². The van der Waals surface area contributed by atoms with Gasteiger partial charge in [-0.3, -0.25) is 38.6 Å². The summed E-state index contributed by atoms with van der Waals surface area (Å²) in [5, 5.41) is 22.3. The Kier molecular flexibility index (Phi) is 18.9. The van der Waals surface area contributed by atoms with Crippen LogP contribution in [0.4, 0.5) is 0 Å². The zero-order valence-corrected chi connectivity index (χ0v) is 60.6. The van der Waals surface area contributed by atoms with E-state index in [9.17, 15) is 10.2 Å². The van der Waals surface area contributed by atoms with Gasteiger partial charge in [0.15, 0.2) is 0 Å². The summed E-state index contributed by atoms with van der Waals surface area (Å²) in [5.41, 5.74) is 0.760. The number of phenolic OH excluding ortho intramolecular Hbond substituents is 2. The Morgan fingerprint density at radius 1 is 0.364 bits per heavy atom. The molecule has 0 bridgehead atoms. The number of imide groups is 2. The van der Waals surface area contributed by atoms with Gasteiger partial charge in [0.1, 0.15) is 143 Å². The van der Waals surface area contributed by atoms with Crippen LogP contribution < -0.4 is 37.9 Å². The number of epoxide rings is 4. The van der Waals surface area contributed by atoms with Crippen molar-refractivity contribution in [1.82, 2.24) is 19.6 Å². The van der Waals surface area contributed by atoms with Crippen LogP contribution in [0.3, 0.4) is 0 Å². The van der Waals surface area contributed by atoms with Crippen molar-refractivity contribution in [2.45, 2.75) is 77.0 Å². The van der Waals surface area contributed by atoms with E-state index in [2.05, 4.69) is 0 Å². The molecule has 0 aliphatic carbocycles. The number of phenols is 2. The van der Waals surface area contributed by atoms with E-state index in [1.807, 2.05) is 27.7 Å². The molecule has 2 N–H and O–H groups in total. The number of carbonyl (C=O) groups is 6. The quantitative estimate of drug-likeness (QED) is 0.0171. The molecule has 24 heteroatoms. The SMILES string of the molecule is CCN(CC)C(=O)C(Cc1ccc(O)cc1)N1C(=O)c2cc(Oc3cccc(OCC4CO4)c3)c3c4c(Oc5cccc(OCC6CO6)c5)cc5c6c(cc(Oc7cccc(OCC8CO8)c7)c(c7c(Oc8cccc(OCC9CO9)c8)cc(c2c37)C1=O)c64)C(=O)N(C(Cc1ccc(O)cc1)C(=O)N(CC)CC)C5=O. The van der Waals surface area contributed by atoms with Crippen LogP contribution >= 0.6 is 0 Å². The molecular formula is C86H76N4O20. The molecule has 6 aliphatic rings. The normalized spacial score (nSPS) is 17.8. The predicted molar refractivity (Wildman–Crippen MR) is 403 cm³/mol. The van der Waals surface area contributed by atoms with Crippen LogP contribution in [0, 0.1) is 0 Å². The molecule has 6 unspecified atom stereocenters. The van der Waals surface area contributed by atoms with Gasteiger partial charge in [0.2, 0.25) is 11.8 Å². The molecule has 6 aliphatic heterocycles. The van der Waals surface area contributed by atoms with Gasteiger partial charge in [-0.05, 0) is 136 Å². The van der Waals surface area contributed by atoms with E-state index in [0.717, 1.165) is 9.80 Å². The summed E-state index contributed by atoms with van der Waals surface area (Å²) in [4.78, 5) is 103. The van der Waals surface area contributed by atoms with Gasteiger partial charge in [-0.2, -0.15) is 0 Å². The lowest BCUT2D eigenvalue weighted by molar-refractivity contribution is -0.135. The Morgan fingerprint density at radius 2 is 0.609 bits per heavy atom. The van der Waals surface area contributed by atoms with Crippen LogP contribution in [0.5, 0.6) is 80.5 Å². The minimum absolute atomic E-state index is 0.0245. The minimum atomic E-state index is -1.47. The lowest BCUT2D eigenvalue weighted by Gasteiger charge is -2.37. The highest BCUT2D eigenvalue weighted by molar-refractivity contribution is 6.45. The molecule has 0 radical (unpaired) electrons. The lowest BCUT2D eigenvalue weighted by atomic mass is 9.80. The van der Waals surface area contributed by atoms with E-state index in [1.54, 1.807) is 131 Å². The van der Waals surface area contributed by atoms with Gasteiger partial charge in [-0.25, -0.2) is 0 Å². The van der Waals surface area contributed by atoms with Crippen molar-refractivity contribution in [2.24, 2.45) is 0 Å². The Balaban J connectivity index is 1.00. The van der Waals surface area contributed by atoms with Gasteiger partial charge in [0, 0.05) is 106 Å². The number of hydrogen-bond acceptors (Lipinski definition) is 20. The standard InChI is InChI=1S/C86H76N4O20/c1-5-87(6-2)85(97)67(29-47-21-25-49(91)26-22-47)89-81(93)63-35-69(107-55-17-9-13-51(31-55)99-39-59-43-103-59)75-77-71(109-57-19-11-15-53(33-57)101-41-61-45-105-61)37-65-74-66(84(96)90(83(65)95)68(86(98)88(7-3)8-4)30-48-23-27-50(92)28-24-48)38-72(110-58-20-12-16-54(34-58)102-42-62-46-106-62)78(80(74)77)76-70(36-64(82(89)94)73(63)79(75)76)108-56-18-10-14-52(32-56)100-40-60-44-104-60/h9-28,31-38,59-62,67-68,91-92H,5-8,29-30,39-46H2,1-4H3. The molecule has 6 amide bonds. The largest absolute Gasteiger partial charge is 0.508 e. The van der Waals surface area contributed by atoms with Crippen molar-refractivity contribution in [1.29, 1.82) is 0 Å². The number of nitrogens with zero attached hydrogens (tertiary/aromatic N) is 4. The highest BCUT2D eigenvalue weighted by atomic mass is 16.6. The summed E-state index contributed by atoms with van der Waals surface area (Å²) in [6, 6.07) is 43.1. The second-order valence-electron chi connectivity index (χ2n) is 27.8. The van der Waals surface area contributed by atoms with Crippen LogP contribution in [-0.4, -0.2) is 181 Å². The Morgan fingerprint density at radius 3 is 0.845 bits per heavy atom. The predicted octanol–water partition coefficient (Wildman–Crippen LogP) is 13.6. The average Bonchev–Trinajstić information content (AvgIpc) is 0.681. The molecule has 24 nitrogen and oxygen atoms in total. The molecule has 11 aromatic carbocycles. The second kappa shape index (κ2) is 29.4. The first-order valence-corrected chi connectivity index (χ1v) is 36.9. The van der Waals surface area contributed by atoms with E-state index in [4.69, 9.17) is 56.8 Å². The lowest BCUT2D eigenvalue weighted by Crippen LogP contribution is -2.55. The number of aromatic hydroxyl groups is 2. The fourth-order valence-corrected chi connectivity index (χ4v) is 14.6. The van der Waals surface area contributed by atoms with Gasteiger partial charge >= 0.3 is 0 Å². The van der Waals surface area contributed by atoms with Crippen LogP contribution in [0.1, 0.15) is 80.3 Å². The molecule has 4 fully saturated rings. The van der Waals surface area contributed by atoms with Gasteiger partial charge in [0.25, 0.3) is 23.6 Å². The third-order valence-electron chi connectivity index (χ3n) is 20.5.